The Morgan fingerprint density at radius 2 is 1.79 bits per heavy atom. The van der Waals surface area contributed by atoms with Gasteiger partial charge in [0.25, 0.3) is 5.91 Å². The highest BCUT2D eigenvalue weighted by Gasteiger charge is 2.29. The second-order valence-corrected chi connectivity index (χ2v) is 11.7. The van der Waals surface area contributed by atoms with Crippen molar-refractivity contribution in [2.45, 2.75) is 40.5 Å². The summed E-state index contributed by atoms with van der Waals surface area (Å²) in [5.74, 6) is -1.32. The van der Waals surface area contributed by atoms with Gasteiger partial charge in [-0.15, -0.1) is 0 Å². The van der Waals surface area contributed by atoms with Crippen LogP contribution in [0.25, 0.3) is 38.6 Å². The molecule has 2 N–H and O–H groups in total. The number of hydrogen-bond donors (Lipinski definition) is 2. The molecule has 10 heteroatoms. The Morgan fingerprint density at radius 3 is 2.42 bits per heavy atom. The second-order valence-electron chi connectivity index (χ2n) is 11.7. The van der Waals surface area contributed by atoms with Crippen molar-refractivity contribution in [3.63, 3.8) is 0 Å². The maximum absolute atomic E-state index is 14.4. The number of benzene rings is 3. The standard InChI is InChI=1S/C33H34FN3O6/c1-18(2)30-29(22-9-7-19(14-27(22)39)31(40)42-6)23-16-25-20(17-35-37(25)32(41)33(3,4)5)13-26(23)36(30)24-10-8-21(34)15-28(24)43-12-11-38/h7-10,13-18,38-39H,11-12H2,1-6H3. The van der Waals surface area contributed by atoms with Crippen molar-refractivity contribution < 1.29 is 33.7 Å². The summed E-state index contributed by atoms with van der Waals surface area (Å²) in [6.45, 7) is 9.16. The number of aromatic hydroxyl groups is 1. The van der Waals surface area contributed by atoms with E-state index >= 15 is 0 Å². The van der Waals surface area contributed by atoms with E-state index in [9.17, 15) is 24.2 Å². The van der Waals surface area contributed by atoms with E-state index < -0.39 is 17.2 Å². The minimum absolute atomic E-state index is 0.0404. The fraction of sp³-hybridized carbons (Fsp3) is 0.303. The normalized spacial score (nSPS) is 11.9. The number of rotatable bonds is 7. The molecular formula is C33H34FN3O6. The number of carbonyl (C=O) groups excluding carboxylic acids is 2. The smallest absolute Gasteiger partial charge is 0.337 e. The molecule has 0 atom stereocenters. The molecule has 2 heterocycles. The van der Waals surface area contributed by atoms with E-state index in [0.29, 0.717) is 38.6 Å². The lowest BCUT2D eigenvalue weighted by molar-refractivity contribution is 0.0600. The number of carbonyl (C=O) groups is 2. The van der Waals surface area contributed by atoms with E-state index in [1.807, 2.05) is 51.3 Å². The number of halogens is 1. The van der Waals surface area contributed by atoms with E-state index in [1.54, 1.807) is 24.4 Å². The third-order valence-electron chi connectivity index (χ3n) is 7.27. The van der Waals surface area contributed by atoms with Crippen molar-refractivity contribution in [3.8, 4) is 28.3 Å². The summed E-state index contributed by atoms with van der Waals surface area (Å²) in [6.07, 6.45) is 1.63. The number of phenolic OH excluding ortho intramolecular Hbond substituents is 1. The van der Waals surface area contributed by atoms with Crippen LogP contribution in [0.5, 0.6) is 11.5 Å². The average molecular weight is 588 g/mol. The zero-order chi connectivity index (χ0) is 31.2. The van der Waals surface area contributed by atoms with Crippen LogP contribution < -0.4 is 4.74 Å². The van der Waals surface area contributed by atoms with Crippen LogP contribution in [0.2, 0.25) is 0 Å². The number of phenols is 1. The first-order chi connectivity index (χ1) is 20.4. The van der Waals surface area contributed by atoms with Crippen molar-refractivity contribution >= 4 is 33.7 Å². The fourth-order valence-corrected chi connectivity index (χ4v) is 5.33. The van der Waals surface area contributed by atoms with Crippen LogP contribution >= 0.6 is 0 Å². The summed E-state index contributed by atoms with van der Waals surface area (Å²) in [5, 5.41) is 26.5. The van der Waals surface area contributed by atoms with Gasteiger partial charge < -0.3 is 24.3 Å². The Morgan fingerprint density at radius 1 is 1.05 bits per heavy atom. The van der Waals surface area contributed by atoms with Crippen molar-refractivity contribution in [2.24, 2.45) is 5.41 Å². The van der Waals surface area contributed by atoms with Crippen LogP contribution in [-0.4, -0.2) is 56.8 Å². The number of hydrogen-bond acceptors (Lipinski definition) is 7. The van der Waals surface area contributed by atoms with Crippen molar-refractivity contribution in [1.29, 1.82) is 0 Å². The van der Waals surface area contributed by atoms with Crippen molar-refractivity contribution in [3.05, 3.63) is 71.8 Å². The van der Waals surface area contributed by atoms with Gasteiger partial charge >= 0.3 is 5.97 Å². The average Bonchev–Trinajstić information content (AvgIpc) is 3.52. The van der Waals surface area contributed by atoms with E-state index in [2.05, 4.69) is 5.10 Å². The second kappa shape index (κ2) is 11.2. The van der Waals surface area contributed by atoms with Crippen LogP contribution in [0.15, 0.2) is 54.7 Å². The van der Waals surface area contributed by atoms with Crippen LogP contribution in [0, 0.1) is 11.2 Å². The predicted molar refractivity (Wildman–Crippen MR) is 162 cm³/mol. The van der Waals surface area contributed by atoms with Gasteiger partial charge in [0.1, 0.15) is 23.9 Å². The summed E-state index contributed by atoms with van der Waals surface area (Å²) in [6, 6.07) is 12.6. The summed E-state index contributed by atoms with van der Waals surface area (Å²) in [4.78, 5) is 25.5. The van der Waals surface area contributed by atoms with Gasteiger partial charge in [-0.1, -0.05) is 34.6 Å². The lowest BCUT2D eigenvalue weighted by atomic mass is 9.94. The molecule has 0 fully saturated rings. The number of fused-ring (bicyclic) bond motifs is 2. The van der Waals surface area contributed by atoms with Gasteiger partial charge in [-0.25, -0.2) is 9.18 Å². The predicted octanol–water partition coefficient (Wildman–Crippen LogP) is 6.46. The Bertz CT molecular complexity index is 1880. The zero-order valence-corrected chi connectivity index (χ0v) is 24.9. The van der Waals surface area contributed by atoms with Crippen LogP contribution in [0.1, 0.15) is 61.4 Å². The molecule has 0 unspecified atom stereocenters. The van der Waals surface area contributed by atoms with Gasteiger partial charge in [0.05, 0.1) is 42.2 Å². The van der Waals surface area contributed by atoms with Crippen LogP contribution in [0.3, 0.4) is 0 Å². The molecule has 0 saturated heterocycles. The third-order valence-corrected chi connectivity index (χ3v) is 7.27. The van der Waals surface area contributed by atoms with E-state index in [1.165, 1.54) is 30.0 Å². The molecule has 0 spiro atoms. The fourth-order valence-electron chi connectivity index (χ4n) is 5.33. The summed E-state index contributed by atoms with van der Waals surface area (Å²) in [7, 11) is 1.27. The number of aromatic nitrogens is 3. The van der Waals surface area contributed by atoms with Gasteiger partial charge in [-0.3, -0.25) is 4.79 Å². The quantitative estimate of drug-likeness (QED) is 0.210. The Labute approximate surface area is 248 Å². The lowest BCUT2D eigenvalue weighted by Gasteiger charge is -2.19. The first-order valence-corrected chi connectivity index (χ1v) is 13.9. The molecule has 0 aliphatic rings. The highest BCUT2D eigenvalue weighted by Crippen LogP contribution is 2.46. The SMILES string of the molecule is COC(=O)c1ccc(-c2c(C(C)C)n(-c3ccc(F)cc3OCCO)c3cc4cnn(C(=O)C(C)(C)C)c4cc23)c(O)c1. The molecule has 0 aliphatic carbocycles. The third kappa shape index (κ3) is 5.23. The number of nitrogens with zero attached hydrogens (tertiary/aromatic N) is 3. The van der Waals surface area contributed by atoms with Crippen molar-refractivity contribution in [2.75, 3.05) is 20.3 Å². The maximum Gasteiger partial charge on any atom is 0.337 e. The topological polar surface area (TPSA) is 116 Å². The Balaban J connectivity index is 1.93. The molecule has 43 heavy (non-hydrogen) atoms. The number of ether oxygens (including phenoxy) is 2. The molecule has 0 bridgehead atoms. The monoisotopic (exact) mass is 587 g/mol. The van der Waals surface area contributed by atoms with E-state index in [4.69, 9.17) is 9.47 Å². The molecule has 0 radical (unpaired) electrons. The first kappa shape index (κ1) is 29.8. The van der Waals surface area contributed by atoms with Gasteiger partial charge in [0, 0.05) is 39.1 Å². The molecule has 2 aromatic heterocycles. The highest BCUT2D eigenvalue weighted by atomic mass is 19.1. The van der Waals surface area contributed by atoms with Crippen LogP contribution in [0.4, 0.5) is 4.39 Å². The van der Waals surface area contributed by atoms with Gasteiger partial charge in [0.15, 0.2) is 0 Å². The molecule has 0 saturated carbocycles. The first-order valence-electron chi connectivity index (χ1n) is 13.9. The zero-order valence-electron chi connectivity index (χ0n) is 24.9. The Kier molecular flexibility index (Phi) is 7.74. The highest BCUT2D eigenvalue weighted by molar-refractivity contribution is 6.08. The number of aliphatic hydroxyl groups excluding tert-OH is 1. The van der Waals surface area contributed by atoms with Gasteiger partial charge in [-0.05, 0) is 48.4 Å². The molecule has 224 valence electrons. The minimum atomic E-state index is -0.694. The maximum atomic E-state index is 14.4. The summed E-state index contributed by atoms with van der Waals surface area (Å²) < 4.78 is 28.4. The number of esters is 1. The minimum Gasteiger partial charge on any atom is -0.507 e. The number of aliphatic hydroxyl groups is 1. The van der Waals surface area contributed by atoms with Crippen molar-refractivity contribution in [1.82, 2.24) is 14.3 Å². The van der Waals surface area contributed by atoms with Crippen LogP contribution in [-0.2, 0) is 4.74 Å². The Hall–Kier alpha value is -4.70. The molecule has 5 aromatic rings. The molecule has 9 nitrogen and oxygen atoms in total. The summed E-state index contributed by atoms with van der Waals surface area (Å²) >= 11 is 0. The van der Waals surface area contributed by atoms with E-state index in [-0.39, 0.29) is 42.1 Å². The molecule has 5 rings (SSSR count). The molecule has 0 aliphatic heterocycles. The van der Waals surface area contributed by atoms with Gasteiger partial charge in [-0.2, -0.15) is 9.78 Å². The van der Waals surface area contributed by atoms with E-state index in [0.717, 1.165) is 5.69 Å². The van der Waals surface area contributed by atoms with Gasteiger partial charge in [0.2, 0.25) is 0 Å². The lowest BCUT2D eigenvalue weighted by Crippen LogP contribution is -2.27. The summed E-state index contributed by atoms with van der Waals surface area (Å²) in [5.41, 5.74) is 3.19. The number of methoxy groups -OCH3 is 1. The molecule has 3 aromatic carbocycles. The molecular weight excluding hydrogens is 553 g/mol. The largest absolute Gasteiger partial charge is 0.507 e. The molecule has 0 amide bonds.